The van der Waals surface area contributed by atoms with Gasteiger partial charge in [0.1, 0.15) is 5.69 Å². The van der Waals surface area contributed by atoms with E-state index in [1.165, 1.54) is 0 Å². The minimum Gasteiger partial charge on any atom is -0.351 e. The minimum absolute atomic E-state index is 0.154. The number of unbranched alkanes of at least 4 members (excludes halogenated alkanes) is 2. The number of hydrogen-bond donors (Lipinski definition) is 2. The SMILES string of the molecule is CCCCCNC(=O)c1cc(C)nc(NCc2ccncc2)n1. The van der Waals surface area contributed by atoms with Gasteiger partial charge in [-0.3, -0.25) is 9.78 Å². The molecule has 2 N–H and O–H groups in total. The molecule has 6 heteroatoms. The van der Waals surface area contributed by atoms with Crippen LogP contribution < -0.4 is 10.6 Å². The zero-order chi connectivity index (χ0) is 16.5. The predicted octanol–water partition coefficient (Wildman–Crippen LogP) is 2.71. The van der Waals surface area contributed by atoms with Crippen molar-refractivity contribution in [3.8, 4) is 0 Å². The van der Waals surface area contributed by atoms with E-state index in [0.717, 1.165) is 30.5 Å². The lowest BCUT2D eigenvalue weighted by Crippen LogP contribution is -2.26. The van der Waals surface area contributed by atoms with Gasteiger partial charge in [0.2, 0.25) is 5.95 Å². The van der Waals surface area contributed by atoms with E-state index in [0.29, 0.717) is 24.7 Å². The molecule has 0 radical (unpaired) electrons. The average Bonchev–Trinajstić information content (AvgIpc) is 2.57. The molecule has 0 bridgehead atoms. The molecule has 0 saturated heterocycles. The van der Waals surface area contributed by atoms with Crippen molar-refractivity contribution in [3.05, 3.63) is 47.5 Å². The number of nitrogens with one attached hydrogen (secondary N) is 2. The van der Waals surface area contributed by atoms with Gasteiger partial charge < -0.3 is 10.6 Å². The highest BCUT2D eigenvalue weighted by molar-refractivity contribution is 5.92. The van der Waals surface area contributed by atoms with Crippen LogP contribution in [0.2, 0.25) is 0 Å². The first-order valence-electron chi connectivity index (χ1n) is 7.95. The van der Waals surface area contributed by atoms with Gasteiger partial charge in [0.05, 0.1) is 0 Å². The second kappa shape index (κ2) is 8.82. The number of nitrogens with zero attached hydrogens (tertiary/aromatic N) is 3. The molecule has 0 aromatic carbocycles. The number of hydrogen-bond acceptors (Lipinski definition) is 5. The normalized spacial score (nSPS) is 10.3. The van der Waals surface area contributed by atoms with E-state index >= 15 is 0 Å². The molecule has 2 rings (SSSR count). The molecule has 2 aromatic heterocycles. The number of carbonyl (C=O) groups is 1. The first-order valence-corrected chi connectivity index (χ1v) is 7.95. The highest BCUT2D eigenvalue weighted by atomic mass is 16.1. The van der Waals surface area contributed by atoms with E-state index in [4.69, 9.17) is 0 Å². The van der Waals surface area contributed by atoms with Crippen molar-refractivity contribution in [1.29, 1.82) is 0 Å². The Morgan fingerprint density at radius 2 is 1.96 bits per heavy atom. The topological polar surface area (TPSA) is 79.8 Å². The molecule has 0 aliphatic rings. The van der Waals surface area contributed by atoms with Crippen molar-refractivity contribution in [2.75, 3.05) is 11.9 Å². The van der Waals surface area contributed by atoms with Gasteiger partial charge in [0.15, 0.2) is 0 Å². The van der Waals surface area contributed by atoms with Crippen molar-refractivity contribution in [2.45, 2.75) is 39.7 Å². The first-order chi connectivity index (χ1) is 11.2. The molecule has 2 aromatic rings. The van der Waals surface area contributed by atoms with Gasteiger partial charge in [0, 0.05) is 31.2 Å². The Balaban J connectivity index is 1.96. The lowest BCUT2D eigenvalue weighted by molar-refractivity contribution is 0.0948. The quantitative estimate of drug-likeness (QED) is 0.733. The smallest absolute Gasteiger partial charge is 0.270 e. The van der Waals surface area contributed by atoms with Crippen molar-refractivity contribution >= 4 is 11.9 Å². The summed E-state index contributed by atoms with van der Waals surface area (Å²) < 4.78 is 0. The van der Waals surface area contributed by atoms with Gasteiger partial charge in [-0.1, -0.05) is 19.8 Å². The van der Waals surface area contributed by atoms with Crippen LogP contribution in [0.1, 0.15) is 47.9 Å². The Morgan fingerprint density at radius 1 is 1.17 bits per heavy atom. The molecule has 1 amide bonds. The standard InChI is InChI=1S/C17H23N5O/c1-3-4-5-8-19-16(23)15-11-13(2)21-17(22-15)20-12-14-6-9-18-10-7-14/h6-7,9-11H,3-5,8,12H2,1-2H3,(H,19,23)(H,20,21,22). The van der Waals surface area contributed by atoms with Crippen LogP contribution in [0.4, 0.5) is 5.95 Å². The number of rotatable bonds is 8. The average molecular weight is 313 g/mol. The van der Waals surface area contributed by atoms with Crippen LogP contribution in [0.3, 0.4) is 0 Å². The fourth-order valence-corrected chi connectivity index (χ4v) is 2.11. The molecule has 0 aliphatic carbocycles. The van der Waals surface area contributed by atoms with Crippen molar-refractivity contribution < 1.29 is 4.79 Å². The Kier molecular flexibility index (Phi) is 6.47. The summed E-state index contributed by atoms with van der Waals surface area (Å²) in [5.41, 5.74) is 2.23. The summed E-state index contributed by atoms with van der Waals surface area (Å²) in [5.74, 6) is 0.305. The molecular weight excluding hydrogens is 290 g/mol. The third kappa shape index (κ3) is 5.65. The molecule has 0 saturated carbocycles. The fraction of sp³-hybridized carbons (Fsp3) is 0.412. The van der Waals surface area contributed by atoms with Gasteiger partial charge in [-0.15, -0.1) is 0 Å². The fourth-order valence-electron chi connectivity index (χ4n) is 2.11. The Labute approximate surface area is 136 Å². The van der Waals surface area contributed by atoms with Crippen LogP contribution in [-0.2, 0) is 6.54 Å². The van der Waals surface area contributed by atoms with Crippen LogP contribution in [0.25, 0.3) is 0 Å². The monoisotopic (exact) mass is 313 g/mol. The molecule has 23 heavy (non-hydrogen) atoms. The first kappa shape index (κ1) is 16.9. The van der Waals surface area contributed by atoms with E-state index in [1.807, 2.05) is 19.1 Å². The van der Waals surface area contributed by atoms with E-state index in [9.17, 15) is 4.79 Å². The van der Waals surface area contributed by atoms with Crippen molar-refractivity contribution in [3.63, 3.8) is 0 Å². The van der Waals surface area contributed by atoms with Gasteiger partial charge in [-0.05, 0) is 37.1 Å². The third-order valence-electron chi connectivity index (χ3n) is 3.35. The second-order valence-electron chi connectivity index (χ2n) is 5.39. The Hall–Kier alpha value is -2.50. The van der Waals surface area contributed by atoms with Crippen LogP contribution in [-0.4, -0.2) is 27.4 Å². The molecule has 2 heterocycles. The van der Waals surface area contributed by atoms with E-state index in [-0.39, 0.29) is 5.91 Å². The lowest BCUT2D eigenvalue weighted by atomic mass is 10.2. The van der Waals surface area contributed by atoms with Crippen LogP contribution in [0, 0.1) is 6.92 Å². The molecule has 122 valence electrons. The number of aryl methyl sites for hydroxylation is 1. The third-order valence-corrected chi connectivity index (χ3v) is 3.35. The van der Waals surface area contributed by atoms with Gasteiger partial charge in [-0.2, -0.15) is 0 Å². The summed E-state index contributed by atoms with van der Waals surface area (Å²) in [6.07, 6.45) is 6.71. The van der Waals surface area contributed by atoms with Crippen molar-refractivity contribution in [1.82, 2.24) is 20.3 Å². The Bertz CT molecular complexity index is 630. The molecule has 0 unspecified atom stereocenters. The maximum absolute atomic E-state index is 12.1. The lowest BCUT2D eigenvalue weighted by Gasteiger charge is -2.09. The summed E-state index contributed by atoms with van der Waals surface area (Å²) in [6, 6.07) is 5.54. The number of amides is 1. The number of anilines is 1. The zero-order valence-corrected chi connectivity index (χ0v) is 13.7. The van der Waals surface area contributed by atoms with Crippen LogP contribution >= 0.6 is 0 Å². The number of pyridine rings is 1. The maximum Gasteiger partial charge on any atom is 0.270 e. The van der Waals surface area contributed by atoms with Crippen LogP contribution in [0.15, 0.2) is 30.6 Å². The second-order valence-corrected chi connectivity index (χ2v) is 5.39. The van der Waals surface area contributed by atoms with Crippen LogP contribution in [0.5, 0.6) is 0 Å². The minimum atomic E-state index is -0.154. The highest BCUT2D eigenvalue weighted by Crippen LogP contribution is 2.07. The molecule has 6 nitrogen and oxygen atoms in total. The molecule has 0 fully saturated rings. The van der Waals surface area contributed by atoms with E-state index < -0.39 is 0 Å². The summed E-state index contributed by atoms with van der Waals surface area (Å²) in [6.45, 7) is 5.25. The largest absolute Gasteiger partial charge is 0.351 e. The highest BCUT2D eigenvalue weighted by Gasteiger charge is 2.10. The summed E-state index contributed by atoms with van der Waals surface area (Å²) in [7, 11) is 0. The summed E-state index contributed by atoms with van der Waals surface area (Å²) >= 11 is 0. The summed E-state index contributed by atoms with van der Waals surface area (Å²) in [5, 5.41) is 6.04. The Morgan fingerprint density at radius 3 is 2.70 bits per heavy atom. The molecule has 0 aliphatic heterocycles. The van der Waals surface area contributed by atoms with Crippen molar-refractivity contribution in [2.24, 2.45) is 0 Å². The van der Waals surface area contributed by atoms with E-state index in [2.05, 4.69) is 32.5 Å². The van der Waals surface area contributed by atoms with Gasteiger partial charge >= 0.3 is 0 Å². The molecular formula is C17H23N5O. The number of carbonyl (C=O) groups excluding carboxylic acids is 1. The number of aromatic nitrogens is 3. The molecule has 0 atom stereocenters. The maximum atomic E-state index is 12.1. The summed E-state index contributed by atoms with van der Waals surface area (Å²) in [4.78, 5) is 24.8. The molecule has 0 spiro atoms. The zero-order valence-electron chi connectivity index (χ0n) is 13.7. The van der Waals surface area contributed by atoms with Gasteiger partial charge in [0.25, 0.3) is 5.91 Å². The predicted molar refractivity (Wildman–Crippen MR) is 90.2 cm³/mol. The van der Waals surface area contributed by atoms with E-state index in [1.54, 1.807) is 18.5 Å². The van der Waals surface area contributed by atoms with Gasteiger partial charge in [-0.25, -0.2) is 9.97 Å².